The molecule has 0 spiro atoms. The minimum Gasteiger partial charge on any atom is -0.345 e. The Balaban J connectivity index is 2.17. The van der Waals surface area contributed by atoms with Gasteiger partial charge in [0.2, 0.25) is 0 Å². The summed E-state index contributed by atoms with van der Waals surface area (Å²) in [6, 6.07) is 17.3. The molecule has 0 saturated heterocycles. The molecule has 0 bridgehead atoms. The minimum atomic E-state index is 1.07. The summed E-state index contributed by atoms with van der Waals surface area (Å²) in [6.07, 6.45) is 1.78. The topological polar surface area (TPSA) is 28.7 Å². The third-order valence-electron chi connectivity index (χ3n) is 4.04. The SMILES string of the molecule is c1ccc2c(c1)-c1cccc3cc4[nH]cnc4c-2c13. The van der Waals surface area contributed by atoms with Crippen molar-refractivity contribution >= 4 is 21.8 Å². The summed E-state index contributed by atoms with van der Waals surface area (Å²) < 4.78 is 0. The van der Waals surface area contributed by atoms with Crippen LogP contribution in [0.2, 0.25) is 0 Å². The fourth-order valence-electron chi connectivity index (χ4n) is 3.28. The molecule has 88 valence electrons. The molecule has 3 aromatic carbocycles. The molecule has 0 amide bonds. The van der Waals surface area contributed by atoms with Gasteiger partial charge in [0.1, 0.15) is 0 Å². The average molecular weight is 242 g/mol. The second kappa shape index (κ2) is 3.04. The van der Waals surface area contributed by atoms with Gasteiger partial charge in [-0.15, -0.1) is 0 Å². The zero-order valence-electron chi connectivity index (χ0n) is 10.1. The number of hydrogen-bond donors (Lipinski definition) is 1. The lowest BCUT2D eigenvalue weighted by atomic mass is 10.0. The average Bonchev–Trinajstić information content (AvgIpc) is 3.03. The second-order valence-corrected chi connectivity index (χ2v) is 5.00. The van der Waals surface area contributed by atoms with E-state index in [9.17, 15) is 0 Å². The van der Waals surface area contributed by atoms with E-state index >= 15 is 0 Å². The Bertz CT molecular complexity index is 963. The van der Waals surface area contributed by atoms with E-state index in [1.54, 1.807) is 6.33 Å². The highest BCUT2D eigenvalue weighted by atomic mass is 14.9. The van der Waals surface area contributed by atoms with Crippen LogP contribution in [0.5, 0.6) is 0 Å². The Labute approximate surface area is 109 Å². The van der Waals surface area contributed by atoms with Crippen molar-refractivity contribution in [2.45, 2.75) is 0 Å². The van der Waals surface area contributed by atoms with Crippen LogP contribution in [0.1, 0.15) is 0 Å². The van der Waals surface area contributed by atoms with Crippen molar-refractivity contribution in [1.82, 2.24) is 9.97 Å². The van der Waals surface area contributed by atoms with Crippen LogP contribution >= 0.6 is 0 Å². The molecule has 1 aromatic heterocycles. The van der Waals surface area contributed by atoms with Crippen molar-refractivity contribution in [3.63, 3.8) is 0 Å². The first kappa shape index (κ1) is 9.34. The van der Waals surface area contributed by atoms with Crippen LogP contribution in [0.4, 0.5) is 0 Å². The van der Waals surface area contributed by atoms with Crippen LogP contribution in [0.3, 0.4) is 0 Å². The summed E-state index contributed by atoms with van der Waals surface area (Å²) in [4.78, 5) is 7.75. The van der Waals surface area contributed by atoms with Gasteiger partial charge in [-0.1, -0.05) is 42.5 Å². The number of nitrogens with one attached hydrogen (secondary N) is 1. The van der Waals surface area contributed by atoms with E-state index in [4.69, 9.17) is 0 Å². The third-order valence-corrected chi connectivity index (χ3v) is 4.04. The summed E-state index contributed by atoms with van der Waals surface area (Å²) in [5.74, 6) is 0. The Kier molecular flexibility index (Phi) is 1.49. The van der Waals surface area contributed by atoms with E-state index in [2.05, 4.69) is 58.5 Å². The highest BCUT2D eigenvalue weighted by molar-refractivity contribution is 6.22. The van der Waals surface area contributed by atoms with Gasteiger partial charge in [-0.3, -0.25) is 0 Å². The maximum absolute atomic E-state index is 4.52. The molecule has 2 nitrogen and oxygen atoms in total. The summed E-state index contributed by atoms with van der Waals surface area (Å²) in [5.41, 5.74) is 7.40. The minimum absolute atomic E-state index is 1.07. The number of aromatic nitrogens is 2. The zero-order chi connectivity index (χ0) is 12.4. The van der Waals surface area contributed by atoms with Crippen LogP contribution in [0.15, 0.2) is 54.9 Å². The molecule has 1 aliphatic carbocycles. The first-order valence-corrected chi connectivity index (χ1v) is 6.42. The highest BCUT2D eigenvalue weighted by Crippen LogP contribution is 2.49. The molecular formula is C17H10N2. The molecular weight excluding hydrogens is 232 g/mol. The molecule has 0 radical (unpaired) electrons. The van der Waals surface area contributed by atoms with Gasteiger partial charge in [-0.2, -0.15) is 0 Å². The van der Waals surface area contributed by atoms with Gasteiger partial charge in [0.15, 0.2) is 0 Å². The smallest absolute Gasteiger partial charge is 0.0967 e. The van der Waals surface area contributed by atoms with Crippen molar-refractivity contribution in [3.05, 3.63) is 54.9 Å². The van der Waals surface area contributed by atoms with E-state index in [0.717, 1.165) is 11.0 Å². The standard InChI is InChI=1S/C17H10N2/c1-2-6-13-11(5-1)12-7-3-4-10-8-14-17(19-9-18-14)16(13)15(10)12/h1-9H,(H,18,19). The van der Waals surface area contributed by atoms with Crippen molar-refractivity contribution in [2.75, 3.05) is 0 Å². The van der Waals surface area contributed by atoms with Crippen LogP contribution in [-0.4, -0.2) is 9.97 Å². The Morgan fingerprint density at radius 1 is 0.842 bits per heavy atom. The summed E-state index contributed by atoms with van der Waals surface area (Å²) in [7, 11) is 0. The van der Waals surface area contributed by atoms with Gasteiger partial charge >= 0.3 is 0 Å². The molecule has 1 aliphatic rings. The number of imidazole rings is 1. The number of hydrogen-bond acceptors (Lipinski definition) is 1. The van der Waals surface area contributed by atoms with E-state index in [-0.39, 0.29) is 0 Å². The van der Waals surface area contributed by atoms with E-state index in [1.165, 1.54) is 33.0 Å². The van der Waals surface area contributed by atoms with E-state index < -0.39 is 0 Å². The van der Waals surface area contributed by atoms with Gasteiger partial charge in [0, 0.05) is 5.56 Å². The maximum Gasteiger partial charge on any atom is 0.0967 e. The summed E-state index contributed by atoms with van der Waals surface area (Å²) in [6.45, 7) is 0. The molecule has 0 aliphatic heterocycles. The number of benzene rings is 3. The Morgan fingerprint density at radius 3 is 2.63 bits per heavy atom. The van der Waals surface area contributed by atoms with Crippen LogP contribution in [-0.2, 0) is 0 Å². The third kappa shape index (κ3) is 1.01. The maximum atomic E-state index is 4.52. The van der Waals surface area contributed by atoms with Gasteiger partial charge in [-0.25, -0.2) is 4.98 Å². The van der Waals surface area contributed by atoms with E-state index in [1.807, 2.05) is 0 Å². The number of H-pyrrole nitrogens is 1. The van der Waals surface area contributed by atoms with Crippen LogP contribution < -0.4 is 0 Å². The number of nitrogens with zero attached hydrogens (tertiary/aromatic N) is 1. The van der Waals surface area contributed by atoms with Gasteiger partial charge in [0.05, 0.1) is 17.4 Å². The normalized spacial score (nSPS) is 12.2. The van der Waals surface area contributed by atoms with Gasteiger partial charge < -0.3 is 4.98 Å². The molecule has 0 atom stereocenters. The quantitative estimate of drug-likeness (QED) is 0.429. The monoisotopic (exact) mass is 242 g/mol. The summed E-state index contributed by atoms with van der Waals surface area (Å²) >= 11 is 0. The molecule has 19 heavy (non-hydrogen) atoms. The van der Waals surface area contributed by atoms with Crippen LogP contribution in [0.25, 0.3) is 44.1 Å². The van der Waals surface area contributed by atoms with Crippen molar-refractivity contribution < 1.29 is 0 Å². The molecule has 1 N–H and O–H groups in total. The van der Waals surface area contributed by atoms with Crippen LogP contribution in [0, 0.1) is 0 Å². The molecule has 4 aromatic rings. The number of aromatic amines is 1. The van der Waals surface area contributed by atoms with Gasteiger partial charge in [-0.05, 0) is 33.5 Å². The molecule has 0 fully saturated rings. The number of rotatable bonds is 0. The number of fused-ring (bicyclic) bond motifs is 5. The Morgan fingerprint density at radius 2 is 1.68 bits per heavy atom. The van der Waals surface area contributed by atoms with Gasteiger partial charge in [0.25, 0.3) is 0 Å². The van der Waals surface area contributed by atoms with Crippen molar-refractivity contribution in [3.8, 4) is 22.3 Å². The lowest BCUT2D eigenvalue weighted by Gasteiger charge is -2.03. The summed E-state index contributed by atoms with van der Waals surface area (Å²) in [5, 5.41) is 2.61. The second-order valence-electron chi connectivity index (χ2n) is 5.00. The van der Waals surface area contributed by atoms with Crippen molar-refractivity contribution in [2.24, 2.45) is 0 Å². The molecule has 5 rings (SSSR count). The fourth-order valence-corrected chi connectivity index (χ4v) is 3.28. The molecule has 2 heteroatoms. The highest BCUT2D eigenvalue weighted by Gasteiger charge is 2.23. The largest absolute Gasteiger partial charge is 0.345 e. The predicted molar refractivity (Wildman–Crippen MR) is 78.0 cm³/mol. The molecule has 1 heterocycles. The molecule has 0 saturated carbocycles. The lowest BCUT2D eigenvalue weighted by molar-refractivity contribution is 1.34. The first-order valence-electron chi connectivity index (χ1n) is 6.42. The Hall–Kier alpha value is -2.61. The van der Waals surface area contributed by atoms with Crippen molar-refractivity contribution in [1.29, 1.82) is 0 Å². The lowest BCUT2D eigenvalue weighted by Crippen LogP contribution is -1.79. The fraction of sp³-hybridized carbons (Fsp3) is 0. The zero-order valence-corrected chi connectivity index (χ0v) is 10.1. The first-order chi connectivity index (χ1) is 9.43. The van der Waals surface area contributed by atoms with E-state index in [0.29, 0.717) is 0 Å². The predicted octanol–water partition coefficient (Wildman–Crippen LogP) is 4.36. The molecule has 0 unspecified atom stereocenters.